The molecule has 1 aliphatic heterocycles. The standard InChI is InChI=1S/C20H24N2O8S/c1-26-15-10-14(11-16(27-2)19(15)28-3)18(20(23)29-7-8-30-22(24)25)21-6-4-17-13(12-21)5-9-31-17/h5,9-11,18H,4,6-8,12H2,1-3H3. The molecular formula is C20H24N2O8S. The minimum absolute atomic E-state index is 0.238. The van der Waals surface area contributed by atoms with Crippen LogP contribution in [0.15, 0.2) is 23.6 Å². The molecular weight excluding hydrogens is 428 g/mol. The number of thiophene rings is 1. The zero-order valence-corrected chi connectivity index (χ0v) is 18.3. The van der Waals surface area contributed by atoms with E-state index in [1.165, 1.54) is 26.2 Å². The molecule has 11 heteroatoms. The number of methoxy groups -OCH3 is 3. The molecule has 2 aromatic rings. The Hall–Kier alpha value is -3.05. The van der Waals surface area contributed by atoms with E-state index in [-0.39, 0.29) is 13.2 Å². The number of fused-ring (bicyclic) bond motifs is 1. The second-order valence-electron chi connectivity index (χ2n) is 6.68. The summed E-state index contributed by atoms with van der Waals surface area (Å²) in [6, 6.07) is 4.71. The number of ether oxygens (including phenoxy) is 4. The van der Waals surface area contributed by atoms with E-state index < -0.39 is 17.1 Å². The first-order chi connectivity index (χ1) is 15.0. The monoisotopic (exact) mass is 452 g/mol. The molecule has 0 fully saturated rings. The summed E-state index contributed by atoms with van der Waals surface area (Å²) in [7, 11) is 4.51. The first kappa shape index (κ1) is 22.6. The van der Waals surface area contributed by atoms with Crippen molar-refractivity contribution >= 4 is 17.3 Å². The number of esters is 1. The highest BCUT2D eigenvalue weighted by Crippen LogP contribution is 2.41. The number of hydrogen-bond donors (Lipinski definition) is 0. The Morgan fingerprint density at radius 2 is 1.90 bits per heavy atom. The van der Waals surface area contributed by atoms with Gasteiger partial charge in [-0.2, -0.15) is 0 Å². The van der Waals surface area contributed by atoms with E-state index in [0.717, 1.165) is 12.0 Å². The lowest BCUT2D eigenvalue weighted by Crippen LogP contribution is -2.38. The predicted octanol–water partition coefficient (Wildman–Crippen LogP) is 2.62. The van der Waals surface area contributed by atoms with Crippen LogP contribution in [0, 0.1) is 10.1 Å². The fourth-order valence-corrected chi connectivity index (χ4v) is 4.47. The molecule has 0 saturated heterocycles. The van der Waals surface area contributed by atoms with Crippen LogP contribution in [0.5, 0.6) is 17.2 Å². The summed E-state index contributed by atoms with van der Waals surface area (Å²) < 4.78 is 21.6. The van der Waals surface area contributed by atoms with Crippen molar-refractivity contribution in [3.05, 3.63) is 49.7 Å². The van der Waals surface area contributed by atoms with Crippen molar-refractivity contribution in [3.8, 4) is 17.2 Å². The molecule has 1 atom stereocenters. The van der Waals surface area contributed by atoms with Crippen LogP contribution in [0.1, 0.15) is 22.0 Å². The van der Waals surface area contributed by atoms with Gasteiger partial charge in [0.1, 0.15) is 19.3 Å². The summed E-state index contributed by atoms with van der Waals surface area (Å²) in [4.78, 5) is 31.0. The Morgan fingerprint density at radius 1 is 1.19 bits per heavy atom. The molecule has 0 spiro atoms. The van der Waals surface area contributed by atoms with Crippen LogP contribution in [0.4, 0.5) is 0 Å². The van der Waals surface area contributed by atoms with Crippen molar-refractivity contribution in [1.82, 2.24) is 4.90 Å². The van der Waals surface area contributed by atoms with E-state index in [2.05, 4.69) is 10.9 Å². The molecule has 0 bridgehead atoms. The van der Waals surface area contributed by atoms with Crippen molar-refractivity contribution in [2.75, 3.05) is 41.1 Å². The zero-order valence-electron chi connectivity index (χ0n) is 17.5. The van der Waals surface area contributed by atoms with Crippen LogP contribution < -0.4 is 14.2 Å². The van der Waals surface area contributed by atoms with Gasteiger partial charge in [-0.25, -0.2) is 4.79 Å². The zero-order chi connectivity index (χ0) is 22.4. The van der Waals surface area contributed by atoms with Crippen LogP contribution in [0.3, 0.4) is 0 Å². The summed E-state index contributed by atoms with van der Waals surface area (Å²) in [6.07, 6.45) is 0.811. The van der Waals surface area contributed by atoms with E-state index in [1.54, 1.807) is 23.5 Å². The molecule has 1 aromatic heterocycles. The Bertz CT molecular complexity index is 907. The molecule has 0 saturated carbocycles. The fourth-order valence-electron chi connectivity index (χ4n) is 3.58. The van der Waals surface area contributed by atoms with E-state index in [0.29, 0.717) is 35.9 Å². The molecule has 1 aromatic carbocycles. The van der Waals surface area contributed by atoms with Crippen molar-refractivity contribution in [2.45, 2.75) is 19.0 Å². The van der Waals surface area contributed by atoms with Crippen molar-refractivity contribution in [2.24, 2.45) is 0 Å². The van der Waals surface area contributed by atoms with Crippen molar-refractivity contribution in [1.29, 1.82) is 0 Å². The Kier molecular flexibility index (Phi) is 7.53. The second kappa shape index (κ2) is 10.3. The Morgan fingerprint density at radius 3 is 2.52 bits per heavy atom. The fraction of sp³-hybridized carbons (Fsp3) is 0.450. The molecule has 0 amide bonds. The quantitative estimate of drug-likeness (QED) is 0.232. The molecule has 10 nitrogen and oxygen atoms in total. The lowest BCUT2D eigenvalue weighted by atomic mass is 10.00. The number of hydrogen-bond acceptors (Lipinski definition) is 10. The highest BCUT2D eigenvalue weighted by Gasteiger charge is 2.33. The molecule has 168 valence electrons. The third kappa shape index (κ3) is 5.17. The maximum Gasteiger partial charge on any atom is 0.328 e. The first-order valence-corrected chi connectivity index (χ1v) is 10.4. The molecule has 1 unspecified atom stereocenters. The van der Waals surface area contributed by atoms with Gasteiger partial charge in [-0.3, -0.25) is 4.90 Å². The molecule has 1 aliphatic rings. The van der Waals surface area contributed by atoms with Gasteiger partial charge in [0.2, 0.25) is 5.75 Å². The smallest absolute Gasteiger partial charge is 0.328 e. The van der Waals surface area contributed by atoms with Crippen LogP contribution in [0.25, 0.3) is 0 Å². The van der Waals surface area contributed by atoms with Crippen LogP contribution >= 0.6 is 11.3 Å². The SMILES string of the molecule is COc1cc(C(C(=O)OCCO[N+](=O)[O-])N2CCc3sccc3C2)cc(OC)c1OC. The third-order valence-electron chi connectivity index (χ3n) is 4.95. The molecule has 0 radical (unpaired) electrons. The van der Waals surface area contributed by atoms with E-state index in [9.17, 15) is 14.9 Å². The van der Waals surface area contributed by atoms with Crippen LogP contribution in [-0.2, 0) is 27.3 Å². The van der Waals surface area contributed by atoms with Gasteiger partial charge in [-0.15, -0.1) is 21.5 Å². The number of carbonyl (C=O) groups excluding carboxylic acids is 1. The summed E-state index contributed by atoms with van der Waals surface area (Å²) in [5.74, 6) is 0.707. The summed E-state index contributed by atoms with van der Waals surface area (Å²) >= 11 is 1.70. The van der Waals surface area contributed by atoms with Gasteiger partial charge in [0.25, 0.3) is 5.09 Å². The van der Waals surface area contributed by atoms with E-state index >= 15 is 0 Å². The van der Waals surface area contributed by atoms with Gasteiger partial charge in [-0.1, -0.05) is 0 Å². The summed E-state index contributed by atoms with van der Waals surface area (Å²) in [5.41, 5.74) is 1.77. The number of rotatable bonds is 10. The Labute approximate surface area is 183 Å². The van der Waals surface area contributed by atoms with Gasteiger partial charge in [-0.05, 0) is 41.1 Å². The van der Waals surface area contributed by atoms with Gasteiger partial charge in [0.05, 0.1) is 21.3 Å². The van der Waals surface area contributed by atoms with Gasteiger partial charge in [0.15, 0.2) is 11.5 Å². The number of nitrogens with zero attached hydrogens (tertiary/aromatic N) is 2. The van der Waals surface area contributed by atoms with Crippen LogP contribution in [0.2, 0.25) is 0 Å². The summed E-state index contributed by atoms with van der Waals surface area (Å²) in [6.45, 7) is 0.643. The van der Waals surface area contributed by atoms with Crippen molar-refractivity contribution < 1.29 is 33.7 Å². The molecule has 0 N–H and O–H groups in total. The minimum atomic E-state index is -0.923. The third-order valence-corrected chi connectivity index (χ3v) is 5.98. The minimum Gasteiger partial charge on any atom is -0.493 e. The summed E-state index contributed by atoms with van der Waals surface area (Å²) in [5, 5.41) is 11.4. The molecule has 0 aliphatic carbocycles. The normalized spacial score (nSPS) is 14.3. The highest BCUT2D eigenvalue weighted by atomic mass is 32.1. The Balaban J connectivity index is 1.92. The maximum absolute atomic E-state index is 13.1. The molecule has 31 heavy (non-hydrogen) atoms. The lowest BCUT2D eigenvalue weighted by molar-refractivity contribution is -0.757. The lowest BCUT2D eigenvalue weighted by Gasteiger charge is -2.33. The van der Waals surface area contributed by atoms with Crippen molar-refractivity contribution in [3.63, 3.8) is 0 Å². The van der Waals surface area contributed by atoms with E-state index in [1.807, 2.05) is 10.3 Å². The largest absolute Gasteiger partial charge is 0.493 e. The topological polar surface area (TPSA) is 110 Å². The van der Waals surface area contributed by atoms with E-state index in [4.69, 9.17) is 18.9 Å². The first-order valence-electron chi connectivity index (χ1n) is 9.51. The van der Waals surface area contributed by atoms with Gasteiger partial charge in [0, 0.05) is 18.0 Å². The van der Waals surface area contributed by atoms with Gasteiger partial charge < -0.3 is 23.8 Å². The average molecular weight is 452 g/mol. The maximum atomic E-state index is 13.1. The molecule has 3 rings (SSSR count). The van der Waals surface area contributed by atoms with Crippen LogP contribution in [-0.4, -0.2) is 57.0 Å². The average Bonchev–Trinajstić information content (AvgIpc) is 3.24. The number of carbonyl (C=O) groups is 1. The number of benzene rings is 1. The predicted molar refractivity (Wildman–Crippen MR) is 111 cm³/mol. The second-order valence-corrected chi connectivity index (χ2v) is 7.68. The highest BCUT2D eigenvalue weighted by molar-refractivity contribution is 7.10. The molecule has 2 heterocycles. The van der Waals surface area contributed by atoms with Gasteiger partial charge >= 0.3 is 5.97 Å².